The van der Waals surface area contributed by atoms with E-state index in [-0.39, 0.29) is 18.0 Å². The van der Waals surface area contributed by atoms with Gasteiger partial charge in [0.05, 0.1) is 12.1 Å². The van der Waals surface area contributed by atoms with Crippen LogP contribution in [0.2, 0.25) is 0 Å². The fraction of sp³-hybridized carbons (Fsp3) is 0.500. The first-order valence-electron chi connectivity index (χ1n) is 6.46. The van der Waals surface area contributed by atoms with E-state index in [1.54, 1.807) is 0 Å². The second-order valence-electron chi connectivity index (χ2n) is 4.78. The van der Waals surface area contributed by atoms with Crippen LogP contribution in [0.5, 0.6) is 0 Å². The van der Waals surface area contributed by atoms with E-state index in [0.29, 0.717) is 0 Å². The lowest BCUT2D eigenvalue weighted by Gasteiger charge is -2.24. The minimum Gasteiger partial charge on any atom is -0.348 e. The molecule has 18 heavy (non-hydrogen) atoms. The Hall–Kier alpha value is -0.870. The highest BCUT2D eigenvalue weighted by Crippen LogP contribution is 2.17. The van der Waals surface area contributed by atoms with Gasteiger partial charge in [-0.15, -0.1) is 0 Å². The van der Waals surface area contributed by atoms with Crippen molar-refractivity contribution in [3.63, 3.8) is 0 Å². The van der Waals surface area contributed by atoms with Crippen molar-refractivity contribution in [2.75, 3.05) is 6.54 Å². The first-order chi connectivity index (χ1) is 8.66. The summed E-state index contributed by atoms with van der Waals surface area (Å²) >= 11 is 3.41. The Morgan fingerprint density at radius 1 is 1.39 bits per heavy atom. The van der Waals surface area contributed by atoms with Crippen LogP contribution in [0.25, 0.3) is 0 Å². The summed E-state index contributed by atoms with van der Waals surface area (Å²) in [6.45, 7) is 2.97. The molecule has 4 heteroatoms. The van der Waals surface area contributed by atoms with Crippen molar-refractivity contribution in [2.45, 2.75) is 38.3 Å². The minimum absolute atomic E-state index is 0.0170. The molecule has 3 nitrogen and oxygen atoms in total. The molecule has 1 aliphatic heterocycles. The molecule has 2 N–H and O–H groups in total. The van der Waals surface area contributed by atoms with Gasteiger partial charge in [0.1, 0.15) is 0 Å². The third-order valence-corrected chi connectivity index (χ3v) is 3.88. The molecular formula is C14H19BrN2O. The summed E-state index contributed by atoms with van der Waals surface area (Å²) < 4.78 is 1.05. The van der Waals surface area contributed by atoms with Gasteiger partial charge >= 0.3 is 0 Å². The van der Waals surface area contributed by atoms with Crippen molar-refractivity contribution in [2.24, 2.45) is 0 Å². The highest BCUT2D eigenvalue weighted by Gasteiger charge is 2.21. The molecule has 0 spiro atoms. The molecule has 0 radical (unpaired) electrons. The van der Waals surface area contributed by atoms with Crippen LogP contribution in [0.3, 0.4) is 0 Å². The van der Waals surface area contributed by atoms with Gasteiger partial charge in [-0.3, -0.25) is 4.79 Å². The Morgan fingerprint density at radius 3 is 2.72 bits per heavy atom. The maximum absolute atomic E-state index is 12.1. The zero-order chi connectivity index (χ0) is 13.0. The number of benzene rings is 1. The normalized spacial score (nSPS) is 21.3. The quantitative estimate of drug-likeness (QED) is 0.901. The lowest BCUT2D eigenvalue weighted by atomic mass is 10.0. The summed E-state index contributed by atoms with van der Waals surface area (Å²) in [7, 11) is 0. The molecule has 0 unspecified atom stereocenters. The molecular weight excluding hydrogens is 292 g/mol. The van der Waals surface area contributed by atoms with Crippen LogP contribution in [0.1, 0.15) is 37.8 Å². The van der Waals surface area contributed by atoms with E-state index in [1.807, 2.05) is 31.2 Å². The van der Waals surface area contributed by atoms with Gasteiger partial charge in [0.25, 0.3) is 0 Å². The molecule has 1 aromatic rings. The predicted octanol–water partition coefficient (Wildman–Crippen LogP) is 2.77. The van der Waals surface area contributed by atoms with Crippen LogP contribution in [-0.2, 0) is 4.79 Å². The number of nitrogens with one attached hydrogen (secondary N) is 2. The number of amides is 1. The Balaban J connectivity index is 1.91. The van der Waals surface area contributed by atoms with Gasteiger partial charge in [0.15, 0.2) is 0 Å². The topological polar surface area (TPSA) is 41.1 Å². The molecule has 1 amide bonds. The van der Waals surface area contributed by atoms with Crippen LogP contribution in [0, 0.1) is 0 Å². The third kappa shape index (κ3) is 3.56. The molecule has 1 saturated heterocycles. The lowest BCUT2D eigenvalue weighted by Crippen LogP contribution is -2.47. The van der Waals surface area contributed by atoms with E-state index in [0.717, 1.165) is 29.4 Å². The first-order valence-corrected chi connectivity index (χ1v) is 7.25. The molecule has 0 aliphatic carbocycles. The van der Waals surface area contributed by atoms with E-state index in [9.17, 15) is 4.79 Å². The molecule has 1 fully saturated rings. The summed E-state index contributed by atoms with van der Waals surface area (Å²) in [6, 6.07) is 8.09. The summed E-state index contributed by atoms with van der Waals surface area (Å²) in [5.74, 6) is 0.116. The van der Waals surface area contributed by atoms with Crippen LogP contribution >= 0.6 is 15.9 Å². The summed E-state index contributed by atoms with van der Waals surface area (Å²) in [6.07, 6.45) is 3.25. The average Bonchev–Trinajstić information content (AvgIpc) is 2.40. The van der Waals surface area contributed by atoms with Crippen molar-refractivity contribution in [3.8, 4) is 0 Å². The molecule has 1 aromatic carbocycles. The molecule has 0 saturated carbocycles. The van der Waals surface area contributed by atoms with Crippen LogP contribution in [0.15, 0.2) is 28.7 Å². The van der Waals surface area contributed by atoms with Crippen molar-refractivity contribution in [1.29, 1.82) is 0 Å². The smallest absolute Gasteiger partial charge is 0.237 e. The number of hydrogen-bond donors (Lipinski definition) is 2. The van der Waals surface area contributed by atoms with E-state index in [1.165, 1.54) is 6.42 Å². The first kappa shape index (κ1) is 13.6. The number of halogens is 1. The van der Waals surface area contributed by atoms with Crippen LogP contribution in [-0.4, -0.2) is 18.5 Å². The highest BCUT2D eigenvalue weighted by molar-refractivity contribution is 9.10. The van der Waals surface area contributed by atoms with Gasteiger partial charge in [-0.2, -0.15) is 0 Å². The number of piperidine rings is 1. The fourth-order valence-corrected chi connectivity index (χ4v) is 2.49. The second-order valence-corrected chi connectivity index (χ2v) is 5.70. The number of rotatable bonds is 3. The maximum atomic E-state index is 12.1. The molecule has 0 aromatic heterocycles. The van der Waals surface area contributed by atoms with Gasteiger partial charge in [-0.1, -0.05) is 34.5 Å². The van der Waals surface area contributed by atoms with Crippen molar-refractivity contribution in [3.05, 3.63) is 34.3 Å². The Morgan fingerprint density at radius 2 is 2.11 bits per heavy atom. The highest BCUT2D eigenvalue weighted by atomic mass is 79.9. The Bertz CT molecular complexity index is 399. The number of hydrogen-bond acceptors (Lipinski definition) is 2. The van der Waals surface area contributed by atoms with E-state index >= 15 is 0 Å². The molecule has 0 bridgehead atoms. The summed E-state index contributed by atoms with van der Waals surface area (Å²) in [4.78, 5) is 12.1. The zero-order valence-corrected chi connectivity index (χ0v) is 12.2. The van der Waals surface area contributed by atoms with Crippen LogP contribution in [0.4, 0.5) is 0 Å². The molecule has 2 atom stereocenters. The minimum atomic E-state index is -0.0170. The number of carbonyl (C=O) groups excluding carboxylic acids is 1. The summed E-state index contributed by atoms with van der Waals surface area (Å²) in [5, 5.41) is 6.33. The van der Waals surface area contributed by atoms with Gasteiger partial charge in [0.2, 0.25) is 5.91 Å². The predicted molar refractivity (Wildman–Crippen MR) is 76.3 cm³/mol. The standard InChI is InChI=1S/C14H19BrN2O/c1-10(11-5-7-12(15)8-6-11)17-14(18)13-4-2-3-9-16-13/h5-8,10,13,16H,2-4,9H2,1H3,(H,17,18)/t10-,13-/m0/s1. The van der Waals surface area contributed by atoms with Gasteiger partial charge < -0.3 is 10.6 Å². The van der Waals surface area contributed by atoms with Gasteiger partial charge in [-0.25, -0.2) is 0 Å². The lowest BCUT2D eigenvalue weighted by molar-refractivity contribution is -0.124. The molecule has 98 valence electrons. The van der Waals surface area contributed by atoms with Gasteiger partial charge in [-0.05, 0) is 44.0 Å². The third-order valence-electron chi connectivity index (χ3n) is 3.36. The van der Waals surface area contributed by atoms with E-state index in [2.05, 4.69) is 26.6 Å². The fourth-order valence-electron chi connectivity index (χ4n) is 2.22. The summed E-state index contributed by atoms with van der Waals surface area (Å²) in [5.41, 5.74) is 1.13. The maximum Gasteiger partial charge on any atom is 0.237 e. The van der Waals surface area contributed by atoms with Crippen molar-refractivity contribution in [1.82, 2.24) is 10.6 Å². The molecule has 1 aliphatic rings. The molecule has 1 heterocycles. The zero-order valence-electron chi connectivity index (χ0n) is 10.6. The Labute approximate surface area is 116 Å². The Kier molecular flexibility index (Phi) is 4.78. The largest absolute Gasteiger partial charge is 0.348 e. The van der Waals surface area contributed by atoms with Gasteiger partial charge in [0, 0.05) is 4.47 Å². The molecule has 2 rings (SSSR count). The van der Waals surface area contributed by atoms with E-state index in [4.69, 9.17) is 0 Å². The second kappa shape index (κ2) is 6.34. The SMILES string of the molecule is C[C@H](NC(=O)[C@@H]1CCCCN1)c1ccc(Br)cc1. The van der Waals surface area contributed by atoms with Crippen LogP contribution < -0.4 is 10.6 Å². The monoisotopic (exact) mass is 310 g/mol. The van der Waals surface area contributed by atoms with E-state index < -0.39 is 0 Å². The number of carbonyl (C=O) groups is 1. The van der Waals surface area contributed by atoms with Crippen molar-refractivity contribution >= 4 is 21.8 Å². The average molecular weight is 311 g/mol. The van der Waals surface area contributed by atoms with Crippen molar-refractivity contribution < 1.29 is 4.79 Å².